The summed E-state index contributed by atoms with van der Waals surface area (Å²) in [5, 5.41) is 11.3. The number of carbonyl (C=O) groups excluding carboxylic acids is 1. The van der Waals surface area contributed by atoms with Gasteiger partial charge in [-0.3, -0.25) is 4.79 Å². The average Bonchev–Trinajstić information content (AvgIpc) is 2.88. The van der Waals surface area contributed by atoms with Gasteiger partial charge in [-0.1, -0.05) is 26.0 Å². The molecule has 0 aliphatic heterocycles. The van der Waals surface area contributed by atoms with Crippen molar-refractivity contribution in [2.45, 2.75) is 70.8 Å². The van der Waals surface area contributed by atoms with E-state index in [0.717, 1.165) is 44.9 Å². The van der Waals surface area contributed by atoms with E-state index in [2.05, 4.69) is 26.0 Å². The van der Waals surface area contributed by atoms with Gasteiger partial charge >= 0.3 is 0 Å². The molecule has 0 amide bonds. The summed E-state index contributed by atoms with van der Waals surface area (Å²) in [6.07, 6.45) is 14.3. The zero-order chi connectivity index (χ0) is 16.2. The molecular weight excluding hydrogens is 284 g/mol. The Kier molecular flexibility index (Phi) is 3.46. The SMILES string of the molecule is CC[C@]1(O)CCC2C3CCC4=CC(=O)CCC4=C3C=C[C@@]21CC. The third kappa shape index (κ3) is 1.94. The molecule has 0 saturated heterocycles. The molecule has 2 unspecified atom stereocenters. The summed E-state index contributed by atoms with van der Waals surface area (Å²) in [7, 11) is 0. The Hall–Kier alpha value is -1.15. The van der Waals surface area contributed by atoms with E-state index in [0.29, 0.717) is 24.0 Å². The molecule has 0 aromatic rings. The van der Waals surface area contributed by atoms with Crippen molar-refractivity contribution in [2.24, 2.45) is 17.3 Å². The van der Waals surface area contributed by atoms with E-state index < -0.39 is 5.60 Å². The highest BCUT2D eigenvalue weighted by Gasteiger charge is 2.59. The smallest absolute Gasteiger partial charge is 0.156 e. The van der Waals surface area contributed by atoms with Crippen molar-refractivity contribution in [2.75, 3.05) is 0 Å². The molecular formula is C21H28O2. The summed E-state index contributed by atoms with van der Waals surface area (Å²) in [4.78, 5) is 11.7. The maximum Gasteiger partial charge on any atom is 0.156 e. The van der Waals surface area contributed by atoms with Gasteiger partial charge in [0.25, 0.3) is 0 Å². The summed E-state index contributed by atoms with van der Waals surface area (Å²) >= 11 is 0. The number of ketones is 1. The minimum absolute atomic E-state index is 0.0395. The topological polar surface area (TPSA) is 37.3 Å². The van der Waals surface area contributed by atoms with E-state index in [9.17, 15) is 9.90 Å². The number of rotatable bonds is 2. The van der Waals surface area contributed by atoms with Gasteiger partial charge in [-0.05, 0) is 79.6 Å². The van der Waals surface area contributed by atoms with E-state index in [1.54, 1.807) is 0 Å². The Morgan fingerprint density at radius 2 is 2.00 bits per heavy atom. The summed E-state index contributed by atoms with van der Waals surface area (Å²) in [5.74, 6) is 1.46. The van der Waals surface area contributed by atoms with Crippen molar-refractivity contribution in [3.63, 3.8) is 0 Å². The third-order valence-electron chi connectivity index (χ3n) is 7.43. The van der Waals surface area contributed by atoms with E-state index in [4.69, 9.17) is 0 Å². The van der Waals surface area contributed by atoms with Gasteiger partial charge in [0.15, 0.2) is 5.78 Å². The number of aliphatic hydroxyl groups is 1. The molecule has 1 fully saturated rings. The van der Waals surface area contributed by atoms with Crippen molar-refractivity contribution in [3.05, 3.63) is 34.9 Å². The summed E-state index contributed by atoms with van der Waals surface area (Å²) in [6, 6.07) is 0. The first-order valence-corrected chi connectivity index (χ1v) is 9.43. The lowest BCUT2D eigenvalue weighted by Gasteiger charge is -2.50. The quantitative estimate of drug-likeness (QED) is 0.815. The normalized spacial score (nSPS) is 42.2. The first-order chi connectivity index (χ1) is 11.0. The van der Waals surface area contributed by atoms with Crippen molar-refractivity contribution < 1.29 is 9.90 Å². The predicted molar refractivity (Wildman–Crippen MR) is 91.9 cm³/mol. The van der Waals surface area contributed by atoms with Gasteiger partial charge in [0, 0.05) is 11.8 Å². The van der Waals surface area contributed by atoms with Crippen LogP contribution in [0.2, 0.25) is 0 Å². The molecule has 0 aromatic carbocycles. The zero-order valence-electron chi connectivity index (χ0n) is 14.4. The van der Waals surface area contributed by atoms with E-state index in [-0.39, 0.29) is 5.41 Å². The maximum absolute atomic E-state index is 11.7. The summed E-state index contributed by atoms with van der Waals surface area (Å²) in [5.41, 5.74) is 3.67. The first-order valence-electron chi connectivity index (χ1n) is 9.43. The molecule has 4 atom stereocenters. The minimum atomic E-state index is -0.530. The molecule has 0 radical (unpaired) electrons. The van der Waals surface area contributed by atoms with Gasteiger partial charge in [-0.2, -0.15) is 0 Å². The number of hydrogen-bond donors (Lipinski definition) is 1. The lowest BCUT2D eigenvalue weighted by molar-refractivity contribution is -0.114. The lowest BCUT2D eigenvalue weighted by Crippen LogP contribution is -2.48. The number of fused-ring (bicyclic) bond motifs is 4. The number of allylic oxidation sites excluding steroid dienone is 5. The highest BCUT2D eigenvalue weighted by molar-refractivity contribution is 5.93. The monoisotopic (exact) mass is 312 g/mol. The molecule has 4 aliphatic rings. The van der Waals surface area contributed by atoms with Crippen LogP contribution >= 0.6 is 0 Å². The van der Waals surface area contributed by atoms with Crippen molar-refractivity contribution in [1.82, 2.24) is 0 Å². The second-order valence-electron chi connectivity index (χ2n) is 7.97. The Bertz CT molecular complexity index is 638. The Labute approximate surface area is 139 Å². The van der Waals surface area contributed by atoms with Gasteiger partial charge in [-0.15, -0.1) is 0 Å². The van der Waals surface area contributed by atoms with Gasteiger partial charge in [0.2, 0.25) is 0 Å². The highest BCUT2D eigenvalue weighted by atomic mass is 16.3. The number of carbonyl (C=O) groups is 1. The summed E-state index contributed by atoms with van der Waals surface area (Å²) in [6.45, 7) is 4.38. The molecule has 2 nitrogen and oxygen atoms in total. The Morgan fingerprint density at radius 1 is 1.17 bits per heavy atom. The van der Waals surface area contributed by atoms with Gasteiger partial charge in [0.05, 0.1) is 5.60 Å². The van der Waals surface area contributed by atoms with E-state index in [1.807, 2.05) is 6.08 Å². The fraction of sp³-hybridized carbons (Fsp3) is 0.667. The molecule has 0 aromatic heterocycles. The van der Waals surface area contributed by atoms with Crippen LogP contribution in [-0.4, -0.2) is 16.5 Å². The van der Waals surface area contributed by atoms with Crippen LogP contribution in [0.3, 0.4) is 0 Å². The van der Waals surface area contributed by atoms with Crippen LogP contribution in [0.1, 0.15) is 65.2 Å². The molecule has 4 rings (SSSR count). The van der Waals surface area contributed by atoms with Crippen LogP contribution in [-0.2, 0) is 4.79 Å². The molecule has 0 heterocycles. The maximum atomic E-state index is 11.7. The van der Waals surface area contributed by atoms with Gasteiger partial charge in [0.1, 0.15) is 0 Å². The fourth-order valence-corrected chi connectivity index (χ4v) is 6.17. The van der Waals surface area contributed by atoms with E-state index in [1.165, 1.54) is 16.7 Å². The summed E-state index contributed by atoms with van der Waals surface area (Å²) < 4.78 is 0. The largest absolute Gasteiger partial charge is 0.389 e. The average molecular weight is 312 g/mol. The van der Waals surface area contributed by atoms with E-state index >= 15 is 0 Å². The molecule has 2 heteroatoms. The van der Waals surface area contributed by atoms with Crippen LogP contribution < -0.4 is 0 Å². The van der Waals surface area contributed by atoms with Crippen LogP contribution in [0.15, 0.2) is 34.9 Å². The van der Waals surface area contributed by atoms with Crippen LogP contribution in [0.5, 0.6) is 0 Å². The first kappa shape index (κ1) is 15.4. The van der Waals surface area contributed by atoms with Crippen molar-refractivity contribution >= 4 is 5.78 Å². The fourth-order valence-electron chi connectivity index (χ4n) is 6.17. The molecule has 124 valence electrons. The number of hydrogen-bond acceptors (Lipinski definition) is 2. The minimum Gasteiger partial charge on any atom is -0.389 e. The third-order valence-corrected chi connectivity index (χ3v) is 7.43. The molecule has 0 spiro atoms. The standard InChI is InChI=1S/C21H28O2/c1-3-20-11-9-17-16-8-6-15(22)13-14(16)5-7-18(17)19(20)10-12-21(20,23)4-2/h9,11,13,18-19,23H,3-8,10,12H2,1-2H3/t18?,19?,20-,21-/m0/s1. The molecule has 23 heavy (non-hydrogen) atoms. The highest BCUT2D eigenvalue weighted by Crippen LogP contribution is 2.63. The molecule has 1 saturated carbocycles. The zero-order valence-corrected chi connectivity index (χ0v) is 14.4. The molecule has 4 aliphatic carbocycles. The molecule has 1 N–H and O–H groups in total. The van der Waals surface area contributed by atoms with Crippen LogP contribution in [0.4, 0.5) is 0 Å². The van der Waals surface area contributed by atoms with Gasteiger partial charge < -0.3 is 5.11 Å². The van der Waals surface area contributed by atoms with Gasteiger partial charge in [-0.25, -0.2) is 0 Å². The van der Waals surface area contributed by atoms with Crippen molar-refractivity contribution in [1.29, 1.82) is 0 Å². The van der Waals surface area contributed by atoms with Crippen LogP contribution in [0, 0.1) is 17.3 Å². The van der Waals surface area contributed by atoms with Crippen LogP contribution in [0.25, 0.3) is 0 Å². The van der Waals surface area contributed by atoms with Crippen molar-refractivity contribution in [3.8, 4) is 0 Å². The Balaban J connectivity index is 1.83. The second-order valence-corrected chi connectivity index (χ2v) is 7.97. The second kappa shape index (κ2) is 5.17. The predicted octanol–water partition coefficient (Wildman–Crippen LogP) is 4.50. The lowest BCUT2D eigenvalue weighted by atomic mass is 9.56. The Morgan fingerprint density at radius 3 is 2.74 bits per heavy atom. The molecule has 0 bridgehead atoms.